The molecule has 0 aliphatic carbocycles. The fourth-order valence-electron chi connectivity index (χ4n) is 5.64. The largest absolute Gasteiger partial charge is 0.353 e. The first-order chi connectivity index (χ1) is 17.5. The smallest absolute Gasteiger partial charge is 0.326 e. The van der Waals surface area contributed by atoms with E-state index < -0.39 is 0 Å². The highest BCUT2D eigenvalue weighted by molar-refractivity contribution is 6.04. The van der Waals surface area contributed by atoms with Crippen molar-refractivity contribution in [1.29, 1.82) is 0 Å². The molecular weight excluding hydrogens is 458 g/mol. The zero-order valence-corrected chi connectivity index (χ0v) is 20.3. The van der Waals surface area contributed by atoms with Gasteiger partial charge in [0.05, 0.1) is 12.5 Å². The third-order valence-corrected chi connectivity index (χ3v) is 7.55. The van der Waals surface area contributed by atoms with Gasteiger partial charge in [0.2, 0.25) is 5.91 Å². The van der Waals surface area contributed by atoms with E-state index in [1.54, 1.807) is 11.9 Å². The van der Waals surface area contributed by atoms with Crippen LogP contribution in [0.5, 0.6) is 0 Å². The van der Waals surface area contributed by atoms with Gasteiger partial charge in [0.1, 0.15) is 6.61 Å². The summed E-state index contributed by atoms with van der Waals surface area (Å²) in [6.07, 6.45) is 2.64. The highest BCUT2D eigenvalue weighted by Crippen LogP contribution is 2.40. The fourth-order valence-corrected chi connectivity index (χ4v) is 5.64. The van der Waals surface area contributed by atoms with Crippen molar-refractivity contribution in [3.8, 4) is 0 Å². The van der Waals surface area contributed by atoms with Crippen LogP contribution in [0, 0.1) is 0 Å². The fraction of sp³-hybridized carbons (Fsp3) is 0.393. The van der Waals surface area contributed by atoms with Crippen molar-refractivity contribution >= 4 is 28.6 Å². The number of aromatic nitrogens is 1. The number of ketones is 1. The lowest BCUT2D eigenvalue weighted by molar-refractivity contribution is -0.155. The van der Waals surface area contributed by atoms with Gasteiger partial charge >= 0.3 is 6.03 Å². The number of rotatable bonds is 6. The van der Waals surface area contributed by atoms with Crippen LogP contribution in [0.15, 0.2) is 48.5 Å². The molecule has 4 heterocycles. The van der Waals surface area contributed by atoms with Crippen molar-refractivity contribution in [2.75, 3.05) is 26.8 Å². The maximum Gasteiger partial charge on any atom is 0.326 e. The number of benzene rings is 2. The van der Waals surface area contributed by atoms with E-state index >= 15 is 0 Å². The van der Waals surface area contributed by atoms with E-state index in [2.05, 4.69) is 16.7 Å². The highest BCUT2D eigenvalue weighted by Gasteiger charge is 2.44. The second kappa shape index (κ2) is 9.19. The molecule has 36 heavy (non-hydrogen) atoms. The van der Waals surface area contributed by atoms with Crippen LogP contribution in [0.4, 0.5) is 4.79 Å². The number of Topliss-reactive ketones (excluding diaryl/α,β-unsaturated/α-hetero) is 1. The van der Waals surface area contributed by atoms with Crippen LogP contribution in [0.25, 0.3) is 10.9 Å². The molecule has 3 aliphatic rings. The molecule has 6 rings (SSSR count). The monoisotopic (exact) mass is 487 g/mol. The van der Waals surface area contributed by atoms with Crippen LogP contribution >= 0.6 is 0 Å². The normalized spacial score (nSPS) is 21.7. The molecule has 2 fully saturated rings. The number of para-hydroxylation sites is 1. The lowest BCUT2D eigenvalue weighted by Crippen LogP contribution is -2.56. The van der Waals surface area contributed by atoms with Gasteiger partial charge in [0.25, 0.3) is 0 Å². The Hall–Kier alpha value is -3.49. The van der Waals surface area contributed by atoms with Gasteiger partial charge in [-0.25, -0.2) is 4.79 Å². The average molecular weight is 488 g/mol. The number of fused-ring (bicyclic) bond motifs is 6. The molecule has 2 atom stereocenters. The summed E-state index contributed by atoms with van der Waals surface area (Å²) in [5, 5.41) is 1.06. The molecule has 2 bridgehead atoms. The maximum atomic E-state index is 13.0. The molecule has 2 aromatic carbocycles. The Morgan fingerprint density at radius 2 is 1.89 bits per heavy atom. The lowest BCUT2D eigenvalue weighted by Gasteiger charge is -2.41. The number of nitrogens with zero attached hydrogens (tertiary/aromatic N) is 3. The zero-order valence-electron chi connectivity index (χ0n) is 20.3. The summed E-state index contributed by atoms with van der Waals surface area (Å²) in [7, 11) is 1.56. The number of carbonyl (C=O) groups excluding carboxylic acids is 3. The molecule has 0 saturated carbocycles. The second-order valence-corrected chi connectivity index (χ2v) is 9.80. The Kier molecular flexibility index (Phi) is 5.85. The number of hydrogen-bond donors (Lipinski definition) is 0. The summed E-state index contributed by atoms with van der Waals surface area (Å²) in [6, 6.07) is 15.4. The summed E-state index contributed by atoms with van der Waals surface area (Å²) in [4.78, 5) is 41.3. The number of likely N-dealkylation sites (N-methyl/N-ethyl adjacent to an activating group) is 1. The van der Waals surface area contributed by atoms with Crippen LogP contribution in [0.3, 0.4) is 0 Å². The number of hydrogen-bond acceptors (Lipinski definition) is 5. The van der Waals surface area contributed by atoms with Gasteiger partial charge in [-0.2, -0.15) is 0 Å². The first-order valence-corrected chi connectivity index (χ1v) is 12.5. The zero-order chi connectivity index (χ0) is 24.8. The minimum atomic E-state index is -0.351. The first kappa shape index (κ1) is 22.9. The van der Waals surface area contributed by atoms with E-state index in [4.69, 9.17) is 9.47 Å². The third-order valence-electron chi connectivity index (χ3n) is 7.55. The first-order valence-electron chi connectivity index (χ1n) is 12.5. The summed E-state index contributed by atoms with van der Waals surface area (Å²) in [5.74, 6) is -0.569. The Bertz CT molecular complexity index is 1340. The number of ether oxygens (including phenoxy) is 2. The van der Waals surface area contributed by atoms with E-state index in [-0.39, 0.29) is 36.5 Å². The molecule has 8 nitrogen and oxygen atoms in total. The summed E-state index contributed by atoms with van der Waals surface area (Å²) in [6.45, 7) is 2.16. The van der Waals surface area contributed by atoms with Crippen LogP contribution in [0.2, 0.25) is 0 Å². The molecule has 0 spiro atoms. The quantitative estimate of drug-likeness (QED) is 0.493. The molecular formula is C28H29N3O5. The number of amides is 3. The summed E-state index contributed by atoms with van der Waals surface area (Å²) >= 11 is 0. The number of urea groups is 1. The predicted molar refractivity (Wildman–Crippen MR) is 133 cm³/mol. The third kappa shape index (κ3) is 3.90. The van der Waals surface area contributed by atoms with Gasteiger partial charge in [0.15, 0.2) is 12.1 Å². The molecule has 0 N–H and O–H groups in total. The highest BCUT2D eigenvalue weighted by atomic mass is 16.7. The average Bonchev–Trinajstić information content (AvgIpc) is 3.23. The van der Waals surface area contributed by atoms with Gasteiger partial charge < -0.3 is 18.9 Å². The molecule has 3 aromatic rings. The molecule has 8 heteroatoms. The van der Waals surface area contributed by atoms with Gasteiger partial charge in [0, 0.05) is 48.9 Å². The van der Waals surface area contributed by atoms with Crippen LogP contribution in [-0.2, 0) is 27.4 Å². The minimum absolute atomic E-state index is 0.00743. The number of imide groups is 1. The second-order valence-electron chi connectivity index (χ2n) is 9.80. The topological polar surface area (TPSA) is 81.1 Å². The Morgan fingerprint density at radius 1 is 1.08 bits per heavy atom. The van der Waals surface area contributed by atoms with Crippen molar-refractivity contribution in [1.82, 2.24) is 14.4 Å². The van der Waals surface area contributed by atoms with Crippen LogP contribution in [-0.4, -0.2) is 65.2 Å². The standard InChI is InChI=1S/C28H29N3O5/c1-29-27(33)21-15-30(28(29)34)16-23-26(21)20-6-2-3-7-22(20)31(23)14-18-9-11-19(12-10-18)24(32)17-36-25-8-4-5-13-35-25/h2-3,6-7,9-12,21,25H,4-5,8,13-17H2,1H3. The van der Waals surface area contributed by atoms with E-state index in [1.165, 1.54) is 4.90 Å². The van der Waals surface area contributed by atoms with E-state index in [0.717, 1.165) is 47.0 Å². The minimum Gasteiger partial charge on any atom is -0.353 e. The Balaban J connectivity index is 1.26. The SMILES string of the molecule is CN1C(=O)C2CN(Cc3c2c2ccccc2n3Cc2ccc(C(=O)COC3CCCCO3)cc2)C1=O. The van der Waals surface area contributed by atoms with Gasteiger partial charge in [-0.05, 0) is 36.5 Å². The molecule has 2 unspecified atom stereocenters. The molecule has 3 amide bonds. The van der Waals surface area contributed by atoms with Crippen LogP contribution < -0.4 is 0 Å². The Morgan fingerprint density at radius 3 is 2.67 bits per heavy atom. The summed E-state index contributed by atoms with van der Waals surface area (Å²) in [5.41, 5.74) is 4.71. The molecule has 1 aromatic heterocycles. The summed E-state index contributed by atoms with van der Waals surface area (Å²) < 4.78 is 13.4. The van der Waals surface area contributed by atoms with Crippen molar-refractivity contribution in [3.63, 3.8) is 0 Å². The lowest BCUT2D eigenvalue weighted by atomic mass is 9.89. The molecule has 2 saturated heterocycles. The Labute approximate surface area is 209 Å². The van der Waals surface area contributed by atoms with Crippen LogP contribution in [0.1, 0.15) is 52.4 Å². The van der Waals surface area contributed by atoms with Crippen molar-refractivity contribution in [3.05, 3.63) is 70.9 Å². The predicted octanol–water partition coefficient (Wildman–Crippen LogP) is 3.91. The van der Waals surface area contributed by atoms with Crippen molar-refractivity contribution in [2.45, 2.75) is 44.6 Å². The van der Waals surface area contributed by atoms with Crippen molar-refractivity contribution in [2.24, 2.45) is 0 Å². The number of carbonyl (C=O) groups is 3. The van der Waals surface area contributed by atoms with E-state index in [1.807, 2.05) is 36.4 Å². The molecule has 186 valence electrons. The van der Waals surface area contributed by atoms with Gasteiger partial charge in [-0.3, -0.25) is 14.5 Å². The van der Waals surface area contributed by atoms with Gasteiger partial charge in [-0.15, -0.1) is 0 Å². The molecule has 3 aliphatic heterocycles. The van der Waals surface area contributed by atoms with E-state index in [9.17, 15) is 14.4 Å². The van der Waals surface area contributed by atoms with Crippen molar-refractivity contribution < 1.29 is 23.9 Å². The molecule has 0 radical (unpaired) electrons. The maximum absolute atomic E-state index is 13.0. The van der Waals surface area contributed by atoms with E-state index in [0.29, 0.717) is 31.8 Å². The van der Waals surface area contributed by atoms with Gasteiger partial charge in [-0.1, -0.05) is 42.5 Å².